The molecule has 5 heteroatoms. The first kappa shape index (κ1) is 41.9. The van der Waals surface area contributed by atoms with Gasteiger partial charge in [-0.3, -0.25) is 9.59 Å². The number of carbonyl (C=O) groups excluding carboxylic acids is 2. The van der Waals surface area contributed by atoms with E-state index < -0.39 is 6.10 Å². The van der Waals surface area contributed by atoms with Crippen LogP contribution >= 0.6 is 0 Å². The summed E-state index contributed by atoms with van der Waals surface area (Å²) >= 11 is 0. The van der Waals surface area contributed by atoms with Crippen molar-refractivity contribution >= 4 is 11.9 Å². The lowest BCUT2D eigenvalue weighted by Crippen LogP contribution is -2.25. The van der Waals surface area contributed by atoms with Crippen LogP contribution in [0.4, 0.5) is 0 Å². The number of carbonyl (C=O) groups is 2. The maximum atomic E-state index is 11.9. The van der Waals surface area contributed by atoms with E-state index in [1.165, 1.54) is 77.0 Å². The van der Waals surface area contributed by atoms with Gasteiger partial charge in [-0.2, -0.15) is 0 Å². The average Bonchev–Trinajstić information content (AvgIpc) is 3.02. The third kappa shape index (κ3) is 34.4. The van der Waals surface area contributed by atoms with Crippen LogP contribution in [0, 0.1) is 0 Å². The average molecular weight is 617 g/mol. The number of esters is 2. The summed E-state index contributed by atoms with van der Waals surface area (Å²) in [6.07, 6.45) is 42.9. The van der Waals surface area contributed by atoms with Crippen LogP contribution in [0.5, 0.6) is 0 Å². The molecule has 0 fully saturated rings. The minimum Gasteiger partial charge on any atom is -0.463 e. The van der Waals surface area contributed by atoms with Gasteiger partial charge in [-0.15, -0.1) is 0 Å². The van der Waals surface area contributed by atoms with Gasteiger partial charge in [0, 0.05) is 12.8 Å². The lowest BCUT2D eigenvalue weighted by molar-refractivity contribution is -0.152. The van der Waals surface area contributed by atoms with Crippen molar-refractivity contribution in [2.45, 2.75) is 174 Å². The molecule has 1 unspecified atom stereocenters. The van der Waals surface area contributed by atoms with E-state index in [1.807, 2.05) is 0 Å². The Morgan fingerprint density at radius 3 is 1.16 bits per heavy atom. The minimum absolute atomic E-state index is 0.129. The fourth-order valence-electron chi connectivity index (χ4n) is 4.73. The Bertz CT molecular complexity index is 690. The van der Waals surface area contributed by atoms with Gasteiger partial charge in [0.05, 0.1) is 0 Å². The van der Waals surface area contributed by atoms with Crippen LogP contribution < -0.4 is 0 Å². The van der Waals surface area contributed by atoms with Crippen molar-refractivity contribution in [1.29, 1.82) is 0 Å². The van der Waals surface area contributed by atoms with Crippen molar-refractivity contribution in [3.8, 4) is 0 Å². The SMILES string of the molecule is CCCCC/C=C\C/C=C\CCCCCCCC(=O)OCC(O)COC(=O)CCCCCCC/C=C/C/C=C/CCCCC. The molecule has 5 nitrogen and oxygen atoms in total. The molecule has 0 aromatic carbocycles. The lowest BCUT2D eigenvalue weighted by atomic mass is 10.1. The van der Waals surface area contributed by atoms with Crippen LogP contribution in [0.1, 0.15) is 168 Å². The number of unbranched alkanes of at least 4 members (excludes halogenated alkanes) is 16. The van der Waals surface area contributed by atoms with Gasteiger partial charge in [-0.05, 0) is 77.0 Å². The summed E-state index contributed by atoms with van der Waals surface area (Å²) in [4.78, 5) is 23.9. The topological polar surface area (TPSA) is 72.8 Å². The maximum absolute atomic E-state index is 11.9. The molecule has 0 bridgehead atoms. The van der Waals surface area contributed by atoms with E-state index in [-0.39, 0.29) is 25.2 Å². The summed E-state index contributed by atoms with van der Waals surface area (Å²) in [6.45, 7) is 4.21. The standard InChI is InChI=1S/C39H68O5/c1-3-5-7-9-11-13-15-17-19-21-23-25-27-29-31-33-38(41)43-35-37(40)36-44-39(42)34-32-30-28-26-24-22-20-18-16-14-12-10-8-6-4-2/h11-14,17-20,37,40H,3-10,15-16,21-36H2,1-2H3/b13-11-,14-12+,19-17-,20-18+. The van der Waals surface area contributed by atoms with Crippen molar-refractivity contribution in [3.63, 3.8) is 0 Å². The van der Waals surface area contributed by atoms with Crippen LogP contribution in [0.15, 0.2) is 48.6 Å². The normalized spacial score (nSPS) is 12.7. The first-order valence-electron chi connectivity index (χ1n) is 18.2. The fourth-order valence-corrected chi connectivity index (χ4v) is 4.73. The third-order valence-electron chi connectivity index (χ3n) is 7.54. The smallest absolute Gasteiger partial charge is 0.305 e. The lowest BCUT2D eigenvalue weighted by Gasteiger charge is -2.12. The highest BCUT2D eigenvalue weighted by Crippen LogP contribution is 2.10. The van der Waals surface area contributed by atoms with E-state index in [9.17, 15) is 14.7 Å². The monoisotopic (exact) mass is 617 g/mol. The Kier molecular flexibility index (Phi) is 33.6. The second-order valence-electron chi connectivity index (χ2n) is 12.0. The molecule has 0 aromatic heterocycles. The molecule has 0 amide bonds. The Balaban J connectivity index is 3.51. The van der Waals surface area contributed by atoms with Gasteiger partial charge in [0.1, 0.15) is 19.3 Å². The van der Waals surface area contributed by atoms with Crippen molar-refractivity contribution in [3.05, 3.63) is 48.6 Å². The predicted molar refractivity (Wildman–Crippen MR) is 187 cm³/mol. The number of hydrogen-bond donors (Lipinski definition) is 1. The molecular formula is C39H68O5. The molecule has 1 atom stereocenters. The summed E-state index contributed by atoms with van der Waals surface area (Å²) < 4.78 is 10.3. The van der Waals surface area contributed by atoms with Crippen LogP contribution in [-0.2, 0) is 19.1 Å². The Morgan fingerprint density at radius 1 is 0.477 bits per heavy atom. The Labute approximate surface area is 271 Å². The highest BCUT2D eigenvalue weighted by Gasteiger charge is 2.12. The van der Waals surface area contributed by atoms with E-state index in [4.69, 9.17) is 9.47 Å². The second-order valence-corrected chi connectivity index (χ2v) is 12.0. The number of hydrogen-bond acceptors (Lipinski definition) is 5. The molecule has 0 aliphatic carbocycles. The van der Waals surface area contributed by atoms with Gasteiger partial charge in [-0.25, -0.2) is 0 Å². The summed E-state index contributed by atoms with van der Waals surface area (Å²) in [7, 11) is 0. The predicted octanol–water partition coefficient (Wildman–Crippen LogP) is 11.1. The molecule has 44 heavy (non-hydrogen) atoms. The molecule has 0 rings (SSSR count). The van der Waals surface area contributed by atoms with Crippen LogP contribution in [-0.4, -0.2) is 36.4 Å². The molecule has 0 saturated carbocycles. The van der Waals surface area contributed by atoms with Gasteiger partial charge in [0.15, 0.2) is 0 Å². The van der Waals surface area contributed by atoms with Gasteiger partial charge >= 0.3 is 11.9 Å². The van der Waals surface area contributed by atoms with Crippen molar-refractivity contribution in [2.24, 2.45) is 0 Å². The van der Waals surface area contributed by atoms with Gasteiger partial charge in [0.2, 0.25) is 0 Å². The summed E-state index contributed by atoms with van der Waals surface area (Å²) in [5.41, 5.74) is 0. The van der Waals surface area contributed by atoms with Gasteiger partial charge in [-0.1, -0.05) is 127 Å². The van der Waals surface area contributed by atoms with Gasteiger partial charge in [0.25, 0.3) is 0 Å². The fraction of sp³-hybridized carbons (Fsp3) is 0.744. The van der Waals surface area contributed by atoms with Crippen molar-refractivity contribution in [1.82, 2.24) is 0 Å². The number of rotatable bonds is 32. The van der Waals surface area contributed by atoms with Gasteiger partial charge < -0.3 is 14.6 Å². The maximum Gasteiger partial charge on any atom is 0.305 e. The summed E-state index contributed by atoms with van der Waals surface area (Å²) in [5, 5.41) is 9.98. The first-order valence-corrected chi connectivity index (χ1v) is 18.2. The van der Waals surface area contributed by atoms with E-state index >= 15 is 0 Å². The van der Waals surface area contributed by atoms with Crippen LogP contribution in [0.3, 0.4) is 0 Å². The molecule has 0 aliphatic rings. The number of allylic oxidation sites excluding steroid dienone is 8. The molecule has 0 heterocycles. The number of aliphatic hydroxyl groups is 1. The highest BCUT2D eigenvalue weighted by molar-refractivity contribution is 5.69. The summed E-state index contributed by atoms with van der Waals surface area (Å²) in [5.74, 6) is -0.600. The molecule has 254 valence electrons. The molecule has 1 N–H and O–H groups in total. The largest absolute Gasteiger partial charge is 0.463 e. The van der Waals surface area contributed by atoms with E-state index in [0.29, 0.717) is 12.8 Å². The third-order valence-corrected chi connectivity index (χ3v) is 7.54. The van der Waals surface area contributed by atoms with E-state index in [1.54, 1.807) is 0 Å². The van der Waals surface area contributed by atoms with Crippen LogP contribution in [0.2, 0.25) is 0 Å². The summed E-state index contributed by atoms with van der Waals surface area (Å²) in [6, 6.07) is 0. The zero-order valence-corrected chi connectivity index (χ0v) is 28.7. The Hall–Kier alpha value is -2.14. The molecule has 0 aromatic rings. The van der Waals surface area contributed by atoms with E-state index in [2.05, 4.69) is 62.5 Å². The number of ether oxygens (including phenoxy) is 2. The zero-order chi connectivity index (χ0) is 32.2. The second kappa shape index (κ2) is 35.3. The molecule has 0 saturated heterocycles. The van der Waals surface area contributed by atoms with Crippen LogP contribution in [0.25, 0.3) is 0 Å². The number of aliphatic hydroxyl groups excluding tert-OH is 1. The quantitative estimate of drug-likeness (QED) is 0.0462. The van der Waals surface area contributed by atoms with Crippen molar-refractivity contribution in [2.75, 3.05) is 13.2 Å². The first-order chi connectivity index (χ1) is 21.6. The molecular weight excluding hydrogens is 548 g/mol. The highest BCUT2D eigenvalue weighted by atomic mass is 16.6. The molecule has 0 spiro atoms. The molecule has 0 aliphatic heterocycles. The Morgan fingerprint density at radius 2 is 0.795 bits per heavy atom. The minimum atomic E-state index is -0.975. The zero-order valence-electron chi connectivity index (χ0n) is 28.7. The van der Waals surface area contributed by atoms with E-state index in [0.717, 1.165) is 64.2 Å². The van der Waals surface area contributed by atoms with Crippen molar-refractivity contribution < 1.29 is 24.2 Å². The molecule has 0 radical (unpaired) electrons.